The number of nitrogen functional groups attached to an aromatic ring is 1. The van der Waals surface area contributed by atoms with E-state index < -0.39 is 15.3 Å². The number of nitrogens with one attached hydrogen (secondary N) is 1. The molecule has 1 heterocycles. The van der Waals surface area contributed by atoms with Gasteiger partial charge in [0.25, 0.3) is 0 Å². The van der Waals surface area contributed by atoms with Crippen molar-refractivity contribution in [2.45, 2.75) is 31.7 Å². The largest absolute Gasteiger partial charge is 0.399 e. The summed E-state index contributed by atoms with van der Waals surface area (Å²) in [6.07, 6.45) is 0.492. The summed E-state index contributed by atoms with van der Waals surface area (Å²) in [5.74, 6) is 0.0287. The van der Waals surface area contributed by atoms with Crippen LogP contribution in [0.2, 0.25) is 0 Å². The molecule has 2 rings (SSSR count). The lowest BCUT2D eigenvalue weighted by Crippen LogP contribution is -2.45. The number of benzene rings is 1. The Morgan fingerprint density at radius 3 is 2.40 bits per heavy atom. The van der Waals surface area contributed by atoms with Crippen LogP contribution < -0.4 is 11.1 Å². The van der Waals surface area contributed by atoms with Crippen LogP contribution in [0.1, 0.15) is 25.8 Å². The fourth-order valence-electron chi connectivity index (χ4n) is 2.31. The van der Waals surface area contributed by atoms with Crippen molar-refractivity contribution in [3.63, 3.8) is 0 Å². The van der Waals surface area contributed by atoms with Gasteiger partial charge in [0.05, 0.1) is 16.9 Å². The molecule has 1 aliphatic rings. The zero-order valence-electron chi connectivity index (χ0n) is 11.7. The Labute approximate surface area is 119 Å². The summed E-state index contributed by atoms with van der Waals surface area (Å²) in [5, 5.41) is 2.84. The van der Waals surface area contributed by atoms with E-state index in [1.165, 1.54) is 0 Å². The van der Waals surface area contributed by atoms with E-state index in [4.69, 9.17) is 5.73 Å². The Balaban J connectivity index is 2.09. The van der Waals surface area contributed by atoms with Crippen molar-refractivity contribution in [3.8, 4) is 0 Å². The molecule has 0 bridgehead atoms. The number of hydrogen-bond donors (Lipinski definition) is 2. The molecule has 1 unspecified atom stereocenters. The molecule has 5 nitrogen and oxygen atoms in total. The summed E-state index contributed by atoms with van der Waals surface area (Å²) in [4.78, 5) is 12.4. The highest BCUT2D eigenvalue weighted by molar-refractivity contribution is 7.91. The minimum Gasteiger partial charge on any atom is -0.399 e. The smallest absolute Gasteiger partial charge is 0.230 e. The van der Waals surface area contributed by atoms with Crippen molar-refractivity contribution in [2.75, 3.05) is 17.2 Å². The first-order valence-corrected chi connectivity index (χ1v) is 8.40. The van der Waals surface area contributed by atoms with Gasteiger partial charge in [-0.2, -0.15) is 0 Å². The molecule has 0 aliphatic carbocycles. The summed E-state index contributed by atoms with van der Waals surface area (Å²) in [6.45, 7) is 3.63. The van der Waals surface area contributed by atoms with Crippen molar-refractivity contribution in [1.82, 2.24) is 5.32 Å². The molecule has 1 aromatic carbocycles. The highest BCUT2D eigenvalue weighted by Crippen LogP contribution is 2.25. The summed E-state index contributed by atoms with van der Waals surface area (Å²) < 4.78 is 22.8. The normalized spacial score (nSPS) is 21.6. The van der Waals surface area contributed by atoms with Crippen LogP contribution in [-0.4, -0.2) is 31.9 Å². The maximum absolute atomic E-state index is 12.4. The lowest BCUT2D eigenvalue weighted by atomic mass is 9.83. The van der Waals surface area contributed by atoms with E-state index in [-0.39, 0.29) is 23.5 Å². The standard InChI is InChI=1S/C14H20N2O3S/c1-14(2,10-3-5-11(15)6-4-10)13(17)16-12-7-8-20(18,19)9-12/h3-6,12H,7-9,15H2,1-2H3,(H,16,17). The maximum Gasteiger partial charge on any atom is 0.230 e. The molecular weight excluding hydrogens is 276 g/mol. The monoisotopic (exact) mass is 296 g/mol. The molecule has 0 aromatic heterocycles. The van der Waals surface area contributed by atoms with Crippen LogP contribution >= 0.6 is 0 Å². The summed E-state index contributed by atoms with van der Waals surface area (Å²) in [6, 6.07) is 6.87. The van der Waals surface area contributed by atoms with Gasteiger partial charge in [0, 0.05) is 11.7 Å². The molecular formula is C14H20N2O3S. The third-order valence-electron chi connectivity index (χ3n) is 3.77. The first-order chi connectivity index (χ1) is 9.21. The van der Waals surface area contributed by atoms with Gasteiger partial charge in [0.15, 0.2) is 9.84 Å². The number of hydrogen-bond acceptors (Lipinski definition) is 4. The second-order valence-corrected chi connectivity index (χ2v) is 8.05. The second-order valence-electron chi connectivity index (χ2n) is 5.82. The van der Waals surface area contributed by atoms with Gasteiger partial charge in [0.1, 0.15) is 0 Å². The lowest BCUT2D eigenvalue weighted by Gasteiger charge is -2.26. The number of anilines is 1. The Hall–Kier alpha value is -1.56. The van der Waals surface area contributed by atoms with Gasteiger partial charge in [-0.15, -0.1) is 0 Å². The summed E-state index contributed by atoms with van der Waals surface area (Å²) in [5.41, 5.74) is 6.42. The fraction of sp³-hybridized carbons (Fsp3) is 0.500. The van der Waals surface area contributed by atoms with E-state index in [2.05, 4.69) is 5.32 Å². The minimum absolute atomic E-state index is 0.0383. The molecule has 1 fully saturated rings. The fourth-order valence-corrected chi connectivity index (χ4v) is 3.98. The van der Waals surface area contributed by atoms with Crippen LogP contribution in [0.15, 0.2) is 24.3 Å². The van der Waals surface area contributed by atoms with E-state index >= 15 is 0 Å². The summed E-state index contributed by atoms with van der Waals surface area (Å²) in [7, 11) is -2.99. The molecule has 1 saturated heterocycles. The van der Waals surface area contributed by atoms with Crippen LogP contribution in [0, 0.1) is 0 Å². The van der Waals surface area contributed by atoms with Crippen LogP contribution in [0.4, 0.5) is 5.69 Å². The molecule has 20 heavy (non-hydrogen) atoms. The van der Waals surface area contributed by atoms with Gasteiger partial charge in [-0.1, -0.05) is 12.1 Å². The van der Waals surface area contributed by atoms with E-state index in [0.29, 0.717) is 12.1 Å². The minimum atomic E-state index is -2.99. The number of nitrogens with two attached hydrogens (primary N) is 1. The van der Waals surface area contributed by atoms with Gasteiger partial charge in [-0.3, -0.25) is 4.79 Å². The van der Waals surface area contributed by atoms with E-state index in [0.717, 1.165) is 5.56 Å². The predicted octanol–water partition coefficient (Wildman–Crippen LogP) is 0.850. The molecule has 1 atom stereocenters. The molecule has 1 aromatic rings. The maximum atomic E-state index is 12.4. The lowest BCUT2D eigenvalue weighted by molar-refractivity contribution is -0.126. The average molecular weight is 296 g/mol. The third-order valence-corrected chi connectivity index (χ3v) is 5.54. The average Bonchev–Trinajstić information content (AvgIpc) is 2.69. The van der Waals surface area contributed by atoms with Crippen molar-refractivity contribution < 1.29 is 13.2 Å². The topological polar surface area (TPSA) is 89.3 Å². The SMILES string of the molecule is CC(C)(C(=O)NC1CCS(=O)(=O)C1)c1ccc(N)cc1. The van der Waals surface area contributed by atoms with E-state index in [1.807, 2.05) is 26.0 Å². The second kappa shape index (κ2) is 5.09. The molecule has 3 N–H and O–H groups in total. The van der Waals surface area contributed by atoms with Crippen molar-refractivity contribution in [2.24, 2.45) is 0 Å². The van der Waals surface area contributed by atoms with Gasteiger partial charge in [-0.25, -0.2) is 8.42 Å². The predicted molar refractivity (Wildman–Crippen MR) is 79.1 cm³/mol. The number of carbonyl (C=O) groups is 1. The van der Waals surface area contributed by atoms with Crippen molar-refractivity contribution in [1.29, 1.82) is 0 Å². The third kappa shape index (κ3) is 3.12. The van der Waals surface area contributed by atoms with Gasteiger partial charge in [-0.05, 0) is 38.0 Å². The molecule has 0 saturated carbocycles. The zero-order valence-corrected chi connectivity index (χ0v) is 12.5. The molecule has 110 valence electrons. The first kappa shape index (κ1) is 14.8. The quantitative estimate of drug-likeness (QED) is 0.809. The number of amides is 1. The van der Waals surface area contributed by atoms with Gasteiger partial charge < -0.3 is 11.1 Å². The van der Waals surface area contributed by atoms with Crippen LogP contribution in [-0.2, 0) is 20.0 Å². The molecule has 0 radical (unpaired) electrons. The molecule has 6 heteroatoms. The number of carbonyl (C=O) groups excluding carboxylic acids is 1. The van der Waals surface area contributed by atoms with Gasteiger partial charge in [0.2, 0.25) is 5.91 Å². The Kier molecular flexibility index (Phi) is 3.77. The molecule has 1 amide bonds. The zero-order chi connectivity index (χ0) is 15.0. The van der Waals surface area contributed by atoms with Crippen LogP contribution in [0.5, 0.6) is 0 Å². The van der Waals surface area contributed by atoms with E-state index in [9.17, 15) is 13.2 Å². The van der Waals surface area contributed by atoms with Crippen LogP contribution in [0.3, 0.4) is 0 Å². The Morgan fingerprint density at radius 1 is 1.30 bits per heavy atom. The number of rotatable bonds is 3. The first-order valence-electron chi connectivity index (χ1n) is 6.58. The van der Waals surface area contributed by atoms with Gasteiger partial charge >= 0.3 is 0 Å². The molecule has 0 spiro atoms. The highest BCUT2D eigenvalue weighted by Gasteiger charge is 2.35. The highest BCUT2D eigenvalue weighted by atomic mass is 32.2. The molecule has 1 aliphatic heterocycles. The summed E-state index contributed by atoms with van der Waals surface area (Å²) >= 11 is 0. The van der Waals surface area contributed by atoms with E-state index in [1.54, 1.807) is 12.1 Å². The van der Waals surface area contributed by atoms with Crippen LogP contribution in [0.25, 0.3) is 0 Å². The number of sulfone groups is 1. The Bertz CT molecular complexity index is 606. The van der Waals surface area contributed by atoms with Crippen molar-refractivity contribution in [3.05, 3.63) is 29.8 Å². The Morgan fingerprint density at radius 2 is 1.90 bits per heavy atom. The van der Waals surface area contributed by atoms with Crippen molar-refractivity contribution >= 4 is 21.4 Å².